The topological polar surface area (TPSA) is 74.9 Å². The lowest BCUT2D eigenvalue weighted by Gasteiger charge is -2.34. The van der Waals surface area contributed by atoms with Crippen molar-refractivity contribution in [3.63, 3.8) is 0 Å². The van der Waals surface area contributed by atoms with Gasteiger partial charge in [-0.25, -0.2) is 0 Å². The highest BCUT2D eigenvalue weighted by molar-refractivity contribution is 5.58. The maximum atomic E-state index is 10.7. The van der Waals surface area contributed by atoms with Gasteiger partial charge in [0.15, 0.2) is 0 Å². The Morgan fingerprint density at radius 2 is 2.05 bits per heavy atom. The van der Waals surface area contributed by atoms with Crippen LogP contribution >= 0.6 is 0 Å². The van der Waals surface area contributed by atoms with Gasteiger partial charge in [0.1, 0.15) is 5.60 Å². The van der Waals surface area contributed by atoms with Crippen molar-refractivity contribution in [2.75, 3.05) is 0 Å². The molecule has 0 saturated heterocycles. The van der Waals surface area contributed by atoms with Crippen LogP contribution in [0.3, 0.4) is 0 Å². The van der Waals surface area contributed by atoms with Crippen molar-refractivity contribution in [1.29, 1.82) is 0 Å². The molecule has 1 aliphatic carbocycles. The van der Waals surface area contributed by atoms with Crippen LogP contribution in [0.15, 0.2) is 36.7 Å². The molecular weight excluding hydrogens is 238 g/mol. The molecule has 0 unspecified atom stereocenters. The molecule has 4 heteroatoms. The van der Waals surface area contributed by atoms with Crippen LogP contribution in [0, 0.1) is 0 Å². The van der Waals surface area contributed by atoms with Crippen LogP contribution in [-0.4, -0.2) is 21.1 Å². The van der Waals surface area contributed by atoms with Gasteiger partial charge < -0.3 is 15.8 Å². The van der Waals surface area contributed by atoms with Crippen molar-refractivity contribution in [2.45, 2.75) is 37.3 Å². The van der Waals surface area contributed by atoms with Gasteiger partial charge in [-0.3, -0.25) is 4.98 Å². The fraction of sp³-hybridized carbons (Fsp3) is 0.400. The molecule has 2 aromatic heterocycles. The Morgan fingerprint density at radius 3 is 2.63 bits per heavy atom. The Hall–Kier alpha value is -1.65. The van der Waals surface area contributed by atoms with Crippen molar-refractivity contribution in [2.24, 2.45) is 5.73 Å². The van der Waals surface area contributed by atoms with E-state index in [2.05, 4.69) is 9.97 Å². The molecule has 2 aromatic rings. The van der Waals surface area contributed by atoms with Crippen LogP contribution in [0.2, 0.25) is 0 Å². The fourth-order valence-electron chi connectivity index (χ4n) is 2.71. The molecule has 0 atom stereocenters. The van der Waals surface area contributed by atoms with Crippen LogP contribution in [0.25, 0.3) is 11.3 Å². The van der Waals surface area contributed by atoms with Crippen molar-refractivity contribution in [1.82, 2.24) is 9.97 Å². The molecule has 1 saturated carbocycles. The number of nitrogens with two attached hydrogens (primary N) is 1. The minimum Gasteiger partial charge on any atom is -0.384 e. The van der Waals surface area contributed by atoms with E-state index in [4.69, 9.17) is 5.73 Å². The summed E-state index contributed by atoms with van der Waals surface area (Å²) >= 11 is 0. The molecule has 0 amide bonds. The van der Waals surface area contributed by atoms with Gasteiger partial charge in [0.05, 0.1) is 5.69 Å². The number of aliphatic hydroxyl groups is 1. The van der Waals surface area contributed by atoms with E-state index in [-0.39, 0.29) is 6.04 Å². The van der Waals surface area contributed by atoms with E-state index >= 15 is 0 Å². The van der Waals surface area contributed by atoms with E-state index in [0.717, 1.165) is 29.8 Å². The highest BCUT2D eigenvalue weighted by Crippen LogP contribution is 2.35. The third-order valence-electron chi connectivity index (χ3n) is 4.01. The van der Waals surface area contributed by atoms with Gasteiger partial charge in [0.2, 0.25) is 0 Å². The first-order chi connectivity index (χ1) is 9.17. The number of pyridine rings is 1. The molecule has 3 rings (SSSR count). The van der Waals surface area contributed by atoms with E-state index in [0.29, 0.717) is 12.8 Å². The summed E-state index contributed by atoms with van der Waals surface area (Å²) in [6.45, 7) is 0. The minimum atomic E-state index is -0.801. The molecule has 1 fully saturated rings. The smallest absolute Gasteiger partial charge is 0.107 e. The first-order valence-corrected chi connectivity index (χ1v) is 6.76. The predicted octanol–water partition coefficient (Wildman–Crippen LogP) is 2.17. The van der Waals surface area contributed by atoms with E-state index in [1.807, 2.05) is 36.7 Å². The summed E-state index contributed by atoms with van der Waals surface area (Å²) in [7, 11) is 0. The lowest BCUT2D eigenvalue weighted by atomic mass is 9.80. The summed E-state index contributed by atoms with van der Waals surface area (Å²) in [4.78, 5) is 7.59. The molecule has 0 radical (unpaired) electrons. The molecule has 4 N–H and O–H groups in total. The lowest BCUT2D eigenvalue weighted by Crippen LogP contribution is -2.37. The monoisotopic (exact) mass is 257 g/mol. The molecule has 2 heterocycles. The number of nitrogens with one attached hydrogen (secondary N) is 1. The van der Waals surface area contributed by atoms with E-state index < -0.39 is 5.60 Å². The Balaban J connectivity index is 1.82. The number of hydrogen-bond acceptors (Lipinski definition) is 3. The number of aromatic amines is 1. The van der Waals surface area contributed by atoms with Crippen molar-refractivity contribution in [3.8, 4) is 11.3 Å². The number of hydrogen-bond donors (Lipinski definition) is 3. The summed E-state index contributed by atoms with van der Waals surface area (Å²) in [5, 5.41) is 10.7. The number of H-pyrrole nitrogens is 1. The second-order valence-corrected chi connectivity index (χ2v) is 5.38. The third-order valence-corrected chi connectivity index (χ3v) is 4.01. The third kappa shape index (κ3) is 2.41. The number of rotatable bonds is 2. The van der Waals surface area contributed by atoms with E-state index in [1.54, 1.807) is 0 Å². The van der Waals surface area contributed by atoms with Crippen LogP contribution in [0.4, 0.5) is 0 Å². The van der Waals surface area contributed by atoms with Gasteiger partial charge in [-0.05, 0) is 49.9 Å². The molecule has 0 aliphatic heterocycles. The first kappa shape index (κ1) is 12.4. The van der Waals surface area contributed by atoms with Gasteiger partial charge >= 0.3 is 0 Å². The quantitative estimate of drug-likeness (QED) is 0.771. The van der Waals surface area contributed by atoms with Crippen LogP contribution in [0.1, 0.15) is 31.4 Å². The van der Waals surface area contributed by atoms with Gasteiger partial charge in [0.25, 0.3) is 0 Å². The fourth-order valence-corrected chi connectivity index (χ4v) is 2.71. The van der Waals surface area contributed by atoms with E-state index in [9.17, 15) is 5.11 Å². The van der Waals surface area contributed by atoms with Gasteiger partial charge in [0, 0.05) is 29.7 Å². The van der Waals surface area contributed by atoms with Gasteiger partial charge in [-0.15, -0.1) is 0 Å². The Morgan fingerprint density at radius 1 is 1.26 bits per heavy atom. The molecular formula is C15H19N3O. The van der Waals surface area contributed by atoms with Crippen molar-refractivity contribution < 1.29 is 5.11 Å². The van der Waals surface area contributed by atoms with Gasteiger partial charge in [-0.2, -0.15) is 0 Å². The summed E-state index contributed by atoms with van der Waals surface area (Å²) < 4.78 is 0. The zero-order chi connectivity index (χ0) is 13.3. The first-order valence-electron chi connectivity index (χ1n) is 6.76. The normalized spacial score (nSPS) is 27.4. The zero-order valence-corrected chi connectivity index (χ0v) is 10.8. The standard InChI is InChI=1S/C15H19N3O/c16-12-5-7-15(19,8-6-12)14-4-3-11(10-18-14)13-2-1-9-17-13/h1-4,9-10,12,17,19H,5-8,16H2. The van der Waals surface area contributed by atoms with Crippen LogP contribution in [-0.2, 0) is 5.60 Å². The summed E-state index contributed by atoms with van der Waals surface area (Å²) in [6, 6.07) is 8.11. The Bertz CT molecular complexity index is 525. The lowest BCUT2D eigenvalue weighted by molar-refractivity contribution is -0.00885. The average molecular weight is 257 g/mol. The van der Waals surface area contributed by atoms with Gasteiger partial charge in [-0.1, -0.05) is 0 Å². The van der Waals surface area contributed by atoms with Crippen LogP contribution < -0.4 is 5.73 Å². The maximum absolute atomic E-state index is 10.7. The molecule has 0 spiro atoms. The number of aromatic nitrogens is 2. The van der Waals surface area contributed by atoms with Crippen molar-refractivity contribution >= 4 is 0 Å². The molecule has 0 aromatic carbocycles. The number of nitrogens with zero attached hydrogens (tertiary/aromatic N) is 1. The van der Waals surface area contributed by atoms with Crippen LogP contribution in [0.5, 0.6) is 0 Å². The highest BCUT2D eigenvalue weighted by Gasteiger charge is 2.34. The predicted molar refractivity (Wildman–Crippen MR) is 74.4 cm³/mol. The Labute approximate surface area is 112 Å². The Kier molecular flexibility index (Phi) is 3.12. The molecule has 1 aliphatic rings. The SMILES string of the molecule is NC1CCC(O)(c2ccc(-c3ccc[nH]3)cn2)CC1. The summed E-state index contributed by atoms with van der Waals surface area (Å²) in [6.07, 6.45) is 6.81. The van der Waals surface area contributed by atoms with E-state index in [1.165, 1.54) is 0 Å². The van der Waals surface area contributed by atoms with Crippen molar-refractivity contribution in [3.05, 3.63) is 42.4 Å². The second kappa shape index (κ2) is 4.79. The highest BCUT2D eigenvalue weighted by atomic mass is 16.3. The largest absolute Gasteiger partial charge is 0.384 e. The maximum Gasteiger partial charge on any atom is 0.107 e. The zero-order valence-electron chi connectivity index (χ0n) is 10.8. The molecule has 0 bridgehead atoms. The summed E-state index contributed by atoms with van der Waals surface area (Å²) in [5.41, 5.74) is 7.91. The average Bonchev–Trinajstić information content (AvgIpc) is 2.97. The second-order valence-electron chi connectivity index (χ2n) is 5.38. The minimum absolute atomic E-state index is 0.221. The molecule has 19 heavy (non-hydrogen) atoms. The molecule has 100 valence electrons. The summed E-state index contributed by atoms with van der Waals surface area (Å²) in [5.74, 6) is 0. The molecule has 4 nitrogen and oxygen atoms in total.